The molecule has 7 heteroatoms. The minimum atomic E-state index is -3.92. The summed E-state index contributed by atoms with van der Waals surface area (Å²) in [6.45, 7) is 1.84. The van der Waals surface area contributed by atoms with Gasteiger partial charge in [0.25, 0.3) is 10.0 Å². The first-order valence-corrected chi connectivity index (χ1v) is 8.48. The van der Waals surface area contributed by atoms with Crippen LogP contribution in [-0.2, 0) is 16.4 Å². The van der Waals surface area contributed by atoms with E-state index in [0.717, 1.165) is 0 Å². The van der Waals surface area contributed by atoms with Crippen LogP contribution >= 0.6 is 15.9 Å². The van der Waals surface area contributed by atoms with E-state index in [1.807, 2.05) is 6.92 Å². The highest BCUT2D eigenvalue weighted by Crippen LogP contribution is 2.29. The Morgan fingerprint density at radius 2 is 2.00 bits per heavy atom. The predicted molar refractivity (Wildman–Crippen MR) is 85.1 cm³/mol. The Hall–Kier alpha value is -1.60. The summed E-state index contributed by atoms with van der Waals surface area (Å²) >= 11 is 3.13. The predicted octanol–water partition coefficient (Wildman–Crippen LogP) is 3.53. The molecule has 3 N–H and O–H groups in total. The van der Waals surface area contributed by atoms with E-state index in [-0.39, 0.29) is 10.6 Å². The van der Waals surface area contributed by atoms with Gasteiger partial charge in [-0.25, -0.2) is 12.8 Å². The molecular formula is C14H14BrFN2O2S. The van der Waals surface area contributed by atoms with Crippen molar-refractivity contribution in [2.75, 3.05) is 10.5 Å². The Kier molecular flexibility index (Phi) is 4.53. The van der Waals surface area contributed by atoms with Crippen molar-refractivity contribution in [3.8, 4) is 0 Å². The lowest BCUT2D eigenvalue weighted by molar-refractivity contribution is 0.597. The molecule has 0 aliphatic heterocycles. The third-order valence-corrected chi connectivity index (χ3v) is 5.05. The third kappa shape index (κ3) is 3.36. The number of benzene rings is 2. The fourth-order valence-electron chi connectivity index (χ4n) is 1.90. The summed E-state index contributed by atoms with van der Waals surface area (Å²) in [5, 5.41) is 0. The van der Waals surface area contributed by atoms with E-state index in [9.17, 15) is 12.8 Å². The summed E-state index contributed by atoms with van der Waals surface area (Å²) in [6.07, 6.45) is 0.523. The van der Waals surface area contributed by atoms with Crippen molar-refractivity contribution in [1.29, 1.82) is 0 Å². The van der Waals surface area contributed by atoms with Crippen molar-refractivity contribution in [3.05, 3.63) is 52.3 Å². The van der Waals surface area contributed by atoms with Crippen LogP contribution in [0, 0.1) is 5.82 Å². The summed E-state index contributed by atoms with van der Waals surface area (Å²) < 4.78 is 41.3. The molecule has 0 saturated carbocycles. The first-order chi connectivity index (χ1) is 9.85. The zero-order valence-corrected chi connectivity index (χ0v) is 13.6. The number of sulfonamides is 1. The fourth-order valence-corrected chi connectivity index (χ4v) is 3.91. The highest BCUT2D eigenvalue weighted by molar-refractivity contribution is 9.10. The zero-order valence-electron chi connectivity index (χ0n) is 11.2. The first-order valence-electron chi connectivity index (χ1n) is 6.20. The van der Waals surface area contributed by atoms with E-state index in [0.29, 0.717) is 22.1 Å². The van der Waals surface area contributed by atoms with Crippen molar-refractivity contribution in [2.24, 2.45) is 0 Å². The van der Waals surface area contributed by atoms with E-state index in [1.54, 1.807) is 18.2 Å². The summed E-state index contributed by atoms with van der Waals surface area (Å²) in [5.74, 6) is -0.657. The molecule has 2 rings (SSSR count). The van der Waals surface area contributed by atoms with Gasteiger partial charge in [0.05, 0.1) is 10.6 Å². The smallest absolute Gasteiger partial charge is 0.262 e. The number of aryl methyl sites for hydroxylation is 1. The Labute approximate surface area is 131 Å². The lowest BCUT2D eigenvalue weighted by Gasteiger charge is -2.13. The van der Waals surface area contributed by atoms with E-state index in [4.69, 9.17) is 5.73 Å². The number of anilines is 2. The Morgan fingerprint density at radius 1 is 1.29 bits per heavy atom. The molecule has 0 bridgehead atoms. The second kappa shape index (κ2) is 6.03. The van der Waals surface area contributed by atoms with Crippen LogP contribution in [0.1, 0.15) is 12.5 Å². The molecule has 112 valence electrons. The normalized spacial score (nSPS) is 11.4. The van der Waals surface area contributed by atoms with Crippen molar-refractivity contribution in [2.45, 2.75) is 18.2 Å². The molecular weight excluding hydrogens is 359 g/mol. The zero-order chi connectivity index (χ0) is 15.6. The molecule has 0 aromatic heterocycles. The topological polar surface area (TPSA) is 72.2 Å². The third-order valence-electron chi connectivity index (χ3n) is 2.96. The summed E-state index contributed by atoms with van der Waals surface area (Å²) in [5.41, 5.74) is 6.48. The van der Waals surface area contributed by atoms with E-state index in [1.165, 1.54) is 18.2 Å². The van der Waals surface area contributed by atoms with Gasteiger partial charge in [0.1, 0.15) is 5.82 Å². The largest absolute Gasteiger partial charge is 0.399 e. The molecule has 0 radical (unpaired) electrons. The average molecular weight is 373 g/mol. The van der Waals surface area contributed by atoms with Gasteiger partial charge in [-0.3, -0.25) is 4.72 Å². The van der Waals surface area contributed by atoms with Crippen LogP contribution in [-0.4, -0.2) is 8.42 Å². The van der Waals surface area contributed by atoms with Crippen LogP contribution in [0.4, 0.5) is 15.8 Å². The summed E-state index contributed by atoms with van der Waals surface area (Å²) in [4.78, 5) is 0.0557. The minimum Gasteiger partial charge on any atom is -0.399 e. The van der Waals surface area contributed by atoms with Gasteiger partial charge in [0.15, 0.2) is 0 Å². The quantitative estimate of drug-likeness (QED) is 0.806. The second-order valence-corrected chi connectivity index (χ2v) is 6.93. The summed E-state index contributed by atoms with van der Waals surface area (Å²) in [6, 6.07) is 8.88. The number of para-hydroxylation sites is 1. The van der Waals surface area contributed by atoms with Gasteiger partial charge in [0, 0.05) is 10.2 Å². The molecule has 4 nitrogen and oxygen atoms in total. The first kappa shape index (κ1) is 15.8. The molecule has 0 heterocycles. The van der Waals surface area contributed by atoms with Crippen LogP contribution in [0.2, 0.25) is 0 Å². The average Bonchev–Trinajstić information content (AvgIpc) is 2.43. The van der Waals surface area contributed by atoms with Crippen molar-refractivity contribution in [3.63, 3.8) is 0 Å². The van der Waals surface area contributed by atoms with Gasteiger partial charge in [-0.05, 0) is 52.2 Å². The maximum atomic E-state index is 13.8. The molecule has 21 heavy (non-hydrogen) atoms. The molecule has 0 fully saturated rings. The van der Waals surface area contributed by atoms with E-state index < -0.39 is 15.8 Å². The van der Waals surface area contributed by atoms with Gasteiger partial charge in [-0.2, -0.15) is 0 Å². The molecule has 0 aliphatic rings. The summed E-state index contributed by atoms with van der Waals surface area (Å²) in [7, 11) is -3.92. The lowest BCUT2D eigenvalue weighted by Crippen LogP contribution is -2.16. The monoisotopic (exact) mass is 372 g/mol. The second-order valence-electron chi connectivity index (χ2n) is 4.42. The lowest BCUT2D eigenvalue weighted by atomic mass is 10.1. The molecule has 0 spiro atoms. The molecule has 0 unspecified atom stereocenters. The Bertz CT molecular complexity index is 758. The minimum absolute atomic E-state index is 0.0557. The van der Waals surface area contributed by atoms with Crippen LogP contribution in [0.3, 0.4) is 0 Å². The maximum absolute atomic E-state index is 13.8. The number of halogens is 2. The number of nitrogens with two attached hydrogens (primary N) is 1. The van der Waals surface area contributed by atoms with Crippen LogP contribution in [0.15, 0.2) is 45.8 Å². The molecule has 2 aromatic rings. The molecule has 0 aliphatic carbocycles. The SMILES string of the molecule is CCc1ccc(N)cc1S(=O)(=O)Nc1c(F)cccc1Br. The van der Waals surface area contributed by atoms with Crippen molar-refractivity contribution < 1.29 is 12.8 Å². The van der Waals surface area contributed by atoms with Crippen molar-refractivity contribution in [1.82, 2.24) is 0 Å². The number of hydrogen-bond acceptors (Lipinski definition) is 3. The van der Waals surface area contributed by atoms with Crippen LogP contribution in [0.25, 0.3) is 0 Å². The Morgan fingerprint density at radius 3 is 2.62 bits per heavy atom. The standard InChI is InChI=1S/C14H14BrFN2O2S/c1-2-9-6-7-10(17)8-13(9)21(19,20)18-14-11(15)4-3-5-12(14)16/h3-8,18H,2,17H2,1H3. The van der Waals surface area contributed by atoms with Crippen LogP contribution in [0.5, 0.6) is 0 Å². The molecule has 0 atom stereocenters. The molecule has 0 amide bonds. The maximum Gasteiger partial charge on any atom is 0.262 e. The molecule has 0 saturated heterocycles. The molecule has 2 aromatic carbocycles. The Balaban J connectivity index is 2.51. The van der Waals surface area contributed by atoms with Gasteiger partial charge in [-0.1, -0.05) is 19.1 Å². The van der Waals surface area contributed by atoms with Gasteiger partial charge >= 0.3 is 0 Å². The highest BCUT2D eigenvalue weighted by atomic mass is 79.9. The van der Waals surface area contributed by atoms with E-state index >= 15 is 0 Å². The fraction of sp³-hybridized carbons (Fsp3) is 0.143. The number of hydrogen-bond donors (Lipinski definition) is 2. The number of nitrogen functional groups attached to an aromatic ring is 1. The van der Waals surface area contributed by atoms with E-state index in [2.05, 4.69) is 20.7 Å². The number of nitrogens with one attached hydrogen (secondary N) is 1. The number of rotatable bonds is 4. The van der Waals surface area contributed by atoms with Gasteiger partial charge in [-0.15, -0.1) is 0 Å². The van der Waals surface area contributed by atoms with Gasteiger partial charge in [0.2, 0.25) is 0 Å². The van der Waals surface area contributed by atoms with Crippen LogP contribution < -0.4 is 10.5 Å². The van der Waals surface area contributed by atoms with Gasteiger partial charge < -0.3 is 5.73 Å². The van der Waals surface area contributed by atoms with Crippen molar-refractivity contribution >= 4 is 37.3 Å². The highest BCUT2D eigenvalue weighted by Gasteiger charge is 2.21.